The van der Waals surface area contributed by atoms with Crippen LogP contribution >= 0.6 is 15.9 Å². The van der Waals surface area contributed by atoms with Gasteiger partial charge in [0.25, 0.3) is 0 Å². The van der Waals surface area contributed by atoms with Crippen LogP contribution in [0.3, 0.4) is 0 Å². The molecule has 1 aromatic carbocycles. The molecule has 222 valence electrons. The predicted molar refractivity (Wildman–Crippen MR) is 161 cm³/mol. The second-order valence-corrected chi connectivity index (χ2v) is 13.8. The highest BCUT2D eigenvalue weighted by molar-refractivity contribution is 9.10. The molecule has 2 aliphatic rings. The van der Waals surface area contributed by atoms with E-state index in [1.165, 1.54) is 23.9 Å². The fourth-order valence-corrected chi connectivity index (χ4v) is 6.68. The SMILES string of the molecule is CC(=O)c1nn(CC(=O)N2[C@H](C(=O)Nc3nc(Br)ccc3C)C[C@@]3(C)C[C@@H]23)c2ccc(-c3cncc(S(N)(=O)=O)c3)cc12. The lowest BCUT2D eigenvalue weighted by molar-refractivity contribution is -0.138. The number of piperidine rings is 1. The van der Waals surface area contributed by atoms with E-state index < -0.39 is 16.1 Å². The number of benzene rings is 1. The molecule has 1 aliphatic heterocycles. The zero-order chi connectivity index (χ0) is 30.8. The standard InChI is InChI=1S/C29H28BrN7O5S/c1-15-4-7-24(30)33-27(15)34-28(40)22-10-29(3)11-23(29)37(22)25(39)14-36-21-6-5-17(9-20(21)26(35-36)16(2)38)18-8-19(13-32-12-18)43(31,41)42/h4-9,12-13,22-23H,10-11,14H2,1-3H3,(H2,31,41,42)(H,33,34,40)/t22-,23+,29-/m0/s1. The van der Waals surface area contributed by atoms with E-state index in [2.05, 4.69) is 43.2 Å². The second-order valence-electron chi connectivity index (χ2n) is 11.4. The number of amides is 2. The number of hydrogen-bond acceptors (Lipinski definition) is 8. The topological polar surface area (TPSA) is 170 Å². The van der Waals surface area contributed by atoms with Crippen molar-refractivity contribution in [1.82, 2.24) is 24.6 Å². The predicted octanol–water partition coefficient (Wildman–Crippen LogP) is 3.43. The van der Waals surface area contributed by atoms with Crippen LogP contribution in [-0.2, 0) is 26.2 Å². The molecule has 0 unspecified atom stereocenters. The van der Waals surface area contributed by atoms with E-state index in [0.29, 0.717) is 38.9 Å². The molecule has 6 rings (SSSR count). The molecule has 3 N–H and O–H groups in total. The minimum absolute atomic E-state index is 0.0633. The van der Waals surface area contributed by atoms with Crippen LogP contribution < -0.4 is 10.5 Å². The smallest absolute Gasteiger partial charge is 0.248 e. The first kappa shape index (κ1) is 29.1. The van der Waals surface area contributed by atoms with Crippen molar-refractivity contribution in [2.75, 3.05) is 5.32 Å². The molecule has 0 radical (unpaired) electrons. The van der Waals surface area contributed by atoms with Gasteiger partial charge in [-0.1, -0.05) is 19.1 Å². The highest BCUT2D eigenvalue weighted by Gasteiger charge is 2.64. The number of carbonyl (C=O) groups is 3. The summed E-state index contributed by atoms with van der Waals surface area (Å²) in [5.41, 5.74) is 2.47. The maximum atomic E-state index is 13.8. The molecule has 3 aromatic heterocycles. The molecule has 4 aromatic rings. The summed E-state index contributed by atoms with van der Waals surface area (Å²) in [5, 5.41) is 13.1. The van der Waals surface area contributed by atoms with Gasteiger partial charge in [-0.15, -0.1) is 0 Å². The number of rotatable bonds is 7. The van der Waals surface area contributed by atoms with Crippen molar-refractivity contribution >= 4 is 60.3 Å². The first-order valence-corrected chi connectivity index (χ1v) is 15.8. The first-order chi connectivity index (χ1) is 20.2. The summed E-state index contributed by atoms with van der Waals surface area (Å²) >= 11 is 3.33. The van der Waals surface area contributed by atoms with E-state index in [-0.39, 0.29) is 46.2 Å². The Kier molecular flexibility index (Phi) is 6.98. The average molecular weight is 667 g/mol. The largest absolute Gasteiger partial charge is 0.325 e. The number of fused-ring (bicyclic) bond motifs is 2. The minimum atomic E-state index is -3.96. The molecule has 3 atom stereocenters. The lowest BCUT2D eigenvalue weighted by atomic mass is 10.0. The number of carbonyl (C=O) groups excluding carboxylic acids is 3. The van der Waals surface area contributed by atoms with E-state index in [0.717, 1.165) is 18.2 Å². The maximum Gasteiger partial charge on any atom is 0.248 e. The Morgan fingerprint density at radius 1 is 1.12 bits per heavy atom. The fourth-order valence-electron chi connectivity index (χ4n) is 5.87. The van der Waals surface area contributed by atoms with Crippen LogP contribution in [0.5, 0.6) is 0 Å². The van der Waals surface area contributed by atoms with Crippen LogP contribution in [0.25, 0.3) is 22.0 Å². The van der Waals surface area contributed by atoms with Crippen LogP contribution in [-0.4, -0.2) is 62.7 Å². The van der Waals surface area contributed by atoms with Crippen LogP contribution in [0.1, 0.15) is 42.7 Å². The number of anilines is 1. The summed E-state index contributed by atoms with van der Waals surface area (Å²) < 4.78 is 25.7. The highest BCUT2D eigenvalue weighted by atomic mass is 79.9. The number of ketones is 1. The van der Waals surface area contributed by atoms with Crippen molar-refractivity contribution in [3.8, 4) is 11.1 Å². The van der Waals surface area contributed by atoms with Crippen molar-refractivity contribution in [3.63, 3.8) is 0 Å². The summed E-state index contributed by atoms with van der Waals surface area (Å²) in [5.74, 6) is -0.443. The molecule has 1 saturated carbocycles. The summed E-state index contributed by atoms with van der Waals surface area (Å²) in [4.78, 5) is 49.7. The zero-order valence-corrected chi connectivity index (χ0v) is 25.9. The number of nitrogens with two attached hydrogens (primary N) is 1. The molecule has 43 heavy (non-hydrogen) atoms. The number of likely N-dealkylation sites (tertiary alicyclic amines) is 1. The van der Waals surface area contributed by atoms with Gasteiger partial charge in [-0.25, -0.2) is 18.5 Å². The number of Topliss-reactive ketones (excluding diaryl/α,β-unsaturated/α-hetero) is 1. The molecular weight excluding hydrogens is 638 g/mol. The molecule has 1 aliphatic carbocycles. The van der Waals surface area contributed by atoms with Crippen LogP contribution in [0, 0.1) is 12.3 Å². The van der Waals surface area contributed by atoms with E-state index in [1.807, 2.05) is 13.0 Å². The Morgan fingerprint density at radius 3 is 2.60 bits per heavy atom. The molecule has 0 bridgehead atoms. The van der Waals surface area contributed by atoms with Gasteiger partial charge in [0.15, 0.2) is 5.78 Å². The molecule has 4 heterocycles. The summed E-state index contributed by atoms with van der Waals surface area (Å²) in [6.07, 6.45) is 4.00. The number of nitrogens with one attached hydrogen (secondary N) is 1. The Labute approximate surface area is 255 Å². The number of nitrogens with zero attached hydrogens (tertiary/aromatic N) is 5. The minimum Gasteiger partial charge on any atom is -0.325 e. The molecule has 2 fully saturated rings. The molecule has 2 amide bonds. The Morgan fingerprint density at radius 2 is 1.88 bits per heavy atom. The molecular formula is C29H28BrN7O5S. The lowest BCUT2D eigenvalue weighted by Crippen LogP contribution is -2.47. The summed E-state index contributed by atoms with van der Waals surface area (Å²) in [6.45, 7) is 5.14. The van der Waals surface area contributed by atoms with Crippen molar-refractivity contribution in [1.29, 1.82) is 0 Å². The van der Waals surface area contributed by atoms with Crippen LogP contribution in [0.2, 0.25) is 0 Å². The van der Waals surface area contributed by atoms with Crippen LogP contribution in [0.15, 0.2) is 58.3 Å². The third kappa shape index (κ3) is 5.34. The monoisotopic (exact) mass is 665 g/mol. The van der Waals surface area contributed by atoms with Gasteiger partial charge in [0.2, 0.25) is 21.8 Å². The zero-order valence-electron chi connectivity index (χ0n) is 23.5. The third-order valence-corrected chi connectivity index (χ3v) is 9.60. The van der Waals surface area contributed by atoms with Crippen molar-refractivity contribution in [2.24, 2.45) is 10.6 Å². The van der Waals surface area contributed by atoms with E-state index in [4.69, 9.17) is 5.14 Å². The number of aryl methyl sites for hydroxylation is 1. The van der Waals surface area contributed by atoms with E-state index in [9.17, 15) is 22.8 Å². The summed E-state index contributed by atoms with van der Waals surface area (Å²) in [6, 6.07) is 9.47. The van der Waals surface area contributed by atoms with Gasteiger partial charge in [0.1, 0.15) is 33.6 Å². The highest BCUT2D eigenvalue weighted by Crippen LogP contribution is 2.59. The van der Waals surface area contributed by atoms with Gasteiger partial charge in [0, 0.05) is 36.3 Å². The Bertz CT molecular complexity index is 1960. The number of hydrogen-bond donors (Lipinski definition) is 2. The fraction of sp³-hybridized carbons (Fsp3) is 0.310. The summed E-state index contributed by atoms with van der Waals surface area (Å²) in [7, 11) is -3.96. The number of halogens is 1. The lowest BCUT2D eigenvalue weighted by Gasteiger charge is -2.27. The van der Waals surface area contributed by atoms with Gasteiger partial charge in [-0.2, -0.15) is 5.10 Å². The van der Waals surface area contributed by atoms with E-state index in [1.54, 1.807) is 29.2 Å². The number of aromatic nitrogens is 4. The van der Waals surface area contributed by atoms with Gasteiger partial charge >= 0.3 is 0 Å². The Balaban J connectivity index is 1.30. The normalized spacial score (nSPS) is 21.1. The molecule has 14 heteroatoms. The van der Waals surface area contributed by atoms with Gasteiger partial charge in [-0.3, -0.25) is 24.0 Å². The van der Waals surface area contributed by atoms with E-state index >= 15 is 0 Å². The molecule has 12 nitrogen and oxygen atoms in total. The van der Waals surface area contributed by atoms with Gasteiger partial charge < -0.3 is 10.2 Å². The number of pyridine rings is 2. The van der Waals surface area contributed by atoms with Crippen LogP contribution in [0.4, 0.5) is 5.82 Å². The van der Waals surface area contributed by atoms with Crippen molar-refractivity contribution in [2.45, 2.75) is 57.1 Å². The molecule has 0 spiro atoms. The average Bonchev–Trinajstić information content (AvgIpc) is 3.31. The maximum absolute atomic E-state index is 13.8. The van der Waals surface area contributed by atoms with Crippen molar-refractivity contribution < 1.29 is 22.8 Å². The first-order valence-electron chi connectivity index (χ1n) is 13.5. The second kappa shape index (κ2) is 10.3. The number of primary sulfonamides is 1. The molecule has 1 saturated heterocycles. The van der Waals surface area contributed by atoms with Gasteiger partial charge in [-0.05, 0) is 76.5 Å². The third-order valence-electron chi connectivity index (χ3n) is 8.27. The quantitative estimate of drug-likeness (QED) is 0.223. The Hall–Kier alpha value is -4.01. The number of sulfonamides is 1. The van der Waals surface area contributed by atoms with Crippen molar-refractivity contribution in [3.05, 3.63) is 64.7 Å². The van der Waals surface area contributed by atoms with Gasteiger partial charge in [0.05, 0.1) is 5.52 Å².